The molecule has 1 aliphatic carbocycles. The Morgan fingerprint density at radius 1 is 1.30 bits per heavy atom. The van der Waals surface area contributed by atoms with Gasteiger partial charge >= 0.3 is 0 Å². The maximum Gasteiger partial charge on any atom is 0.293 e. The van der Waals surface area contributed by atoms with Gasteiger partial charge in [-0.05, 0) is 18.9 Å². The lowest BCUT2D eigenvalue weighted by Crippen LogP contribution is -2.34. The second kappa shape index (κ2) is 6.61. The maximum absolute atomic E-state index is 11.1. The largest absolute Gasteiger partial charge is 0.396 e. The first kappa shape index (κ1) is 15.4. The van der Waals surface area contributed by atoms with Crippen molar-refractivity contribution in [1.82, 2.24) is 0 Å². The highest BCUT2D eigenvalue weighted by molar-refractivity contribution is 6.42. The molecule has 2 rings (SSSR count). The first-order chi connectivity index (χ1) is 9.52. The number of hydrogen-bond acceptors (Lipinski definition) is 4. The number of nitrogens with zero attached hydrogens (tertiary/aromatic N) is 1. The Bertz CT molecular complexity index is 511. The Labute approximate surface area is 127 Å². The summed E-state index contributed by atoms with van der Waals surface area (Å²) in [6.45, 7) is 0.0762. The van der Waals surface area contributed by atoms with Gasteiger partial charge in [0.15, 0.2) is 0 Å². The van der Waals surface area contributed by atoms with Crippen LogP contribution in [0.1, 0.15) is 25.7 Å². The van der Waals surface area contributed by atoms with Crippen LogP contribution >= 0.6 is 23.2 Å². The molecule has 0 radical (unpaired) electrons. The van der Waals surface area contributed by atoms with E-state index in [-0.39, 0.29) is 34.3 Å². The molecule has 5 nitrogen and oxygen atoms in total. The van der Waals surface area contributed by atoms with Crippen LogP contribution in [-0.2, 0) is 0 Å². The molecule has 7 heteroatoms. The fraction of sp³-hybridized carbons (Fsp3) is 0.538. The summed E-state index contributed by atoms with van der Waals surface area (Å²) in [4.78, 5) is 10.6. The van der Waals surface area contributed by atoms with Crippen LogP contribution in [0.15, 0.2) is 12.1 Å². The molecule has 110 valence electrons. The van der Waals surface area contributed by atoms with Gasteiger partial charge in [-0.15, -0.1) is 0 Å². The van der Waals surface area contributed by atoms with Gasteiger partial charge < -0.3 is 10.4 Å². The van der Waals surface area contributed by atoms with Gasteiger partial charge in [0.2, 0.25) is 0 Å². The van der Waals surface area contributed by atoms with Crippen molar-refractivity contribution in [2.75, 3.05) is 11.9 Å². The summed E-state index contributed by atoms with van der Waals surface area (Å²) >= 11 is 11.8. The molecule has 0 spiro atoms. The van der Waals surface area contributed by atoms with E-state index in [0.29, 0.717) is 5.69 Å². The molecule has 0 bridgehead atoms. The van der Waals surface area contributed by atoms with E-state index in [4.69, 9.17) is 23.2 Å². The SMILES string of the molecule is O=[N+]([O-])c1cc(Cl)c(Cl)cc1NC1CCCCC1CO. The van der Waals surface area contributed by atoms with E-state index >= 15 is 0 Å². The minimum absolute atomic E-state index is 0.0182. The van der Waals surface area contributed by atoms with Gasteiger partial charge in [-0.2, -0.15) is 0 Å². The summed E-state index contributed by atoms with van der Waals surface area (Å²) in [5.41, 5.74) is 0.261. The molecule has 2 N–H and O–H groups in total. The minimum Gasteiger partial charge on any atom is -0.396 e. The van der Waals surface area contributed by atoms with Crippen molar-refractivity contribution in [3.8, 4) is 0 Å². The predicted molar refractivity (Wildman–Crippen MR) is 79.6 cm³/mol. The number of nitrogens with one attached hydrogen (secondary N) is 1. The molecule has 1 saturated carbocycles. The molecule has 0 amide bonds. The lowest BCUT2D eigenvalue weighted by molar-refractivity contribution is -0.384. The van der Waals surface area contributed by atoms with Gasteiger partial charge in [0.1, 0.15) is 5.69 Å². The second-order valence-electron chi connectivity index (χ2n) is 5.02. The number of aliphatic hydroxyl groups is 1. The highest BCUT2D eigenvalue weighted by atomic mass is 35.5. The van der Waals surface area contributed by atoms with Crippen molar-refractivity contribution < 1.29 is 10.0 Å². The first-order valence-electron chi connectivity index (χ1n) is 6.53. The van der Waals surface area contributed by atoms with Crippen LogP contribution in [0.2, 0.25) is 10.0 Å². The summed E-state index contributed by atoms with van der Waals surface area (Å²) in [6, 6.07) is 2.75. The fourth-order valence-corrected chi connectivity index (χ4v) is 2.94. The summed E-state index contributed by atoms with van der Waals surface area (Å²) in [6.07, 6.45) is 3.92. The second-order valence-corrected chi connectivity index (χ2v) is 5.83. The average Bonchev–Trinajstić information content (AvgIpc) is 2.43. The normalized spacial score (nSPS) is 22.6. The van der Waals surface area contributed by atoms with Crippen molar-refractivity contribution in [3.05, 3.63) is 32.3 Å². The molecule has 1 aromatic rings. The third kappa shape index (κ3) is 3.34. The van der Waals surface area contributed by atoms with Crippen molar-refractivity contribution in [3.63, 3.8) is 0 Å². The quantitative estimate of drug-likeness (QED) is 0.652. The number of nitro groups is 1. The van der Waals surface area contributed by atoms with E-state index in [1.165, 1.54) is 12.1 Å². The number of hydrogen-bond donors (Lipinski definition) is 2. The van der Waals surface area contributed by atoms with E-state index in [0.717, 1.165) is 25.7 Å². The van der Waals surface area contributed by atoms with Gasteiger partial charge in [-0.1, -0.05) is 36.0 Å². The molecular formula is C13H16Cl2N2O3. The van der Waals surface area contributed by atoms with E-state index in [1.807, 2.05) is 0 Å². The van der Waals surface area contributed by atoms with E-state index in [1.54, 1.807) is 0 Å². The third-order valence-corrected chi connectivity index (χ3v) is 4.44. The van der Waals surface area contributed by atoms with Crippen molar-refractivity contribution in [2.45, 2.75) is 31.7 Å². The number of anilines is 1. The molecule has 1 aromatic carbocycles. The van der Waals surface area contributed by atoms with Crippen LogP contribution in [0.25, 0.3) is 0 Å². The average molecular weight is 319 g/mol. The molecule has 2 unspecified atom stereocenters. The van der Waals surface area contributed by atoms with E-state index in [9.17, 15) is 15.2 Å². The van der Waals surface area contributed by atoms with Gasteiger partial charge in [-0.25, -0.2) is 0 Å². The zero-order chi connectivity index (χ0) is 14.7. The molecule has 0 aliphatic heterocycles. The highest BCUT2D eigenvalue weighted by Gasteiger charge is 2.27. The third-order valence-electron chi connectivity index (χ3n) is 3.72. The van der Waals surface area contributed by atoms with Crippen LogP contribution in [0.4, 0.5) is 11.4 Å². The smallest absolute Gasteiger partial charge is 0.293 e. The molecule has 20 heavy (non-hydrogen) atoms. The van der Waals surface area contributed by atoms with Crippen LogP contribution in [0.5, 0.6) is 0 Å². The highest BCUT2D eigenvalue weighted by Crippen LogP contribution is 2.36. The minimum atomic E-state index is -0.485. The van der Waals surface area contributed by atoms with Crippen molar-refractivity contribution in [2.24, 2.45) is 5.92 Å². The summed E-state index contributed by atoms with van der Waals surface area (Å²) in [7, 11) is 0. The number of aliphatic hydroxyl groups excluding tert-OH is 1. The molecule has 0 saturated heterocycles. The zero-order valence-electron chi connectivity index (χ0n) is 10.8. The fourth-order valence-electron chi connectivity index (χ4n) is 2.62. The monoisotopic (exact) mass is 318 g/mol. The molecule has 1 fully saturated rings. The number of halogens is 2. The molecular weight excluding hydrogens is 303 g/mol. The standard InChI is InChI=1S/C13H16Cl2N2O3/c14-9-5-12(13(17(19)20)6-10(9)15)16-11-4-2-1-3-8(11)7-18/h5-6,8,11,16,18H,1-4,7H2. The number of nitro benzene ring substituents is 1. The van der Waals surface area contributed by atoms with E-state index in [2.05, 4.69) is 5.32 Å². The summed E-state index contributed by atoms with van der Waals surface area (Å²) < 4.78 is 0. The molecule has 1 aliphatic rings. The predicted octanol–water partition coefficient (Wildman–Crippen LogP) is 3.86. The Kier molecular flexibility index (Phi) is 5.07. The molecule has 0 aromatic heterocycles. The Morgan fingerprint density at radius 2 is 1.95 bits per heavy atom. The van der Waals surface area contributed by atoms with Gasteiger partial charge in [0, 0.05) is 24.6 Å². The summed E-state index contributed by atoms with van der Waals surface area (Å²) in [5.74, 6) is 0.109. The van der Waals surface area contributed by atoms with Crippen molar-refractivity contribution >= 4 is 34.6 Å². The Balaban J connectivity index is 2.27. The molecule has 0 heterocycles. The maximum atomic E-state index is 11.1. The Hall–Kier alpha value is -1.04. The van der Waals surface area contributed by atoms with Gasteiger partial charge in [-0.3, -0.25) is 10.1 Å². The number of rotatable bonds is 4. The van der Waals surface area contributed by atoms with Gasteiger partial charge in [0.25, 0.3) is 5.69 Å². The topological polar surface area (TPSA) is 75.4 Å². The van der Waals surface area contributed by atoms with E-state index < -0.39 is 4.92 Å². The van der Waals surface area contributed by atoms with Crippen LogP contribution in [0, 0.1) is 16.0 Å². The molecule has 2 atom stereocenters. The van der Waals surface area contributed by atoms with Crippen LogP contribution in [-0.4, -0.2) is 22.7 Å². The first-order valence-corrected chi connectivity index (χ1v) is 7.29. The number of benzene rings is 1. The Morgan fingerprint density at radius 3 is 2.60 bits per heavy atom. The van der Waals surface area contributed by atoms with Crippen molar-refractivity contribution in [1.29, 1.82) is 0 Å². The van der Waals surface area contributed by atoms with Gasteiger partial charge in [0.05, 0.1) is 15.0 Å². The van der Waals surface area contributed by atoms with Crippen LogP contribution < -0.4 is 5.32 Å². The van der Waals surface area contributed by atoms with Crippen LogP contribution in [0.3, 0.4) is 0 Å². The lowest BCUT2D eigenvalue weighted by atomic mass is 9.85. The lowest BCUT2D eigenvalue weighted by Gasteiger charge is -2.31. The summed E-state index contributed by atoms with van der Waals surface area (Å²) in [5, 5.41) is 24.1. The zero-order valence-corrected chi connectivity index (χ0v) is 12.3.